The second kappa shape index (κ2) is 6.66. The van der Waals surface area contributed by atoms with E-state index in [0.717, 1.165) is 10.9 Å². The Bertz CT molecular complexity index is 531. The van der Waals surface area contributed by atoms with Gasteiger partial charge in [-0.1, -0.05) is 6.42 Å². The van der Waals surface area contributed by atoms with E-state index in [-0.39, 0.29) is 5.92 Å². The third kappa shape index (κ3) is 3.16. The topological polar surface area (TPSA) is 76.0 Å². The van der Waals surface area contributed by atoms with Crippen LogP contribution in [0.5, 0.6) is 11.5 Å². The van der Waals surface area contributed by atoms with Crippen molar-refractivity contribution in [3.8, 4) is 11.5 Å². The molecule has 21 heavy (non-hydrogen) atoms. The first-order valence-electron chi connectivity index (χ1n) is 6.81. The molecule has 0 saturated heterocycles. The number of aliphatic carboxylic acids is 1. The van der Waals surface area contributed by atoms with E-state index < -0.39 is 18.0 Å². The second-order valence-electron chi connectivity index (χ2n) is 5.21. The van der Waals surface area contributed by atoms with Crippen LogP contribution in [0.15, 0.2) is 16.6 Å². The van der Waals surface area contributed by atoms with Gasteiger partial charge in [0.2, 0.25) is 0 Å². The lowest BCUT2D eigenvalue weighted by Crippen LogP contribution is -2.24. The summed E-state index contributed by atoms with van der Waals surface area (Å²) in [5.74, 6) is -0.567. The van der Waals surface area contributed by atoms with Crippen LogP contribution in [-0.2, 0) is 4.79 Å². The number of carboxylic acids is 1. The van der Waals surface area contributed by atoms with E-state index in [2.05, 4.69) is 15.9 Å². The van der Waals surface area contributed by atoms with Crippen molar-refractivity contribution < 1.29 is 24.5 Å². The minimum atomic E-state index is -0.884. The van der Waals surface area contributed by atoms with Crippen molar-refractivity contribution >= 4 is 21.9 Å². The highest BCUT2D eigenvalue weighted by Gasteiger charge is 2.39. The summed E-state index contributed by atoms with van der Waals surface area (Å²) in [6.07, 6.45) is 1.23. The molecule has 0 heterocycles. The zero-order valence-electron chi connectivity index (χ0n) is 12.0. The normalized spacial score (nSPS) is 22.9. The SMILES string of the molecule is COc1cc(C(O)C2CCCC2C(=O)O)c(OC)cc1Br. The van der Waals surface area contributed by atoms with E-state index in [1.54, 1.807) is 19.2 Å². The molecule has 6 heteroatoms. The number of benzene rings is 1. The molecule has 0 radical (unpaired) electrons. The van der Waals surface area contributed by atoms with Crippen LogP contribution in [0, 0.1) is 11.8 Å². The summed E-state index contributed by atoms with van der Waals surface area (Å²) >= 11 is 3.37. The molecule has 1 aromatic carbocycles. The lowest BCUT2D eigenvalue weighted by molar-refractivity contribution is -0.144. The summed E-state index contributed by atoms with van der Waals surface area (Å²) < 4.78 is 11.3. The van der Waals surface area contributed by atoms with Crippen LogP contribution in [-0.4, -0.2) is 30.4 Å². The number of hydrogen-bond donors (Lipinski definition) is 2. The molecule has 3 unspecified atom stereocenters. The van der Waals surface area contributed by atoms with Crippen LogP contribution in [0.2, 0.25) is 0 Å². The fourth-order valence-electron chi connectivity index (χ4n) is 3.02. The molecule has 0 aromatic heterocycles. The number of aliphatic hydroxyl groups is 1. The lowest BCUT2D eigenvalue weighted by atomic mass is 9.86. The standard InChI is InChI=1S/C15H19BrO5/c1-20-12-7-11(16)13(21-2)6-10(12)14(17)8-4-3-5-9(8)15(18)19/h6-9,14,17H,3-5H2,1-2H3,(H,18,19). The van der Waals surface area contributed by atoms with Gasteiger partial charge in [-0.25, -0.2) is 0 Å². The highest BCUT2D eigenvalue weighted by atomic mass is 79.9. The molecule has 0 amide bonds. The molecule has 2 N–H and O–H groups in total. The van der Waals surface area contributed by atoms with Crippen molar-refractivity contribution in [1.29, 1.82) is 0 Å². The number of aliphatic hydroxyl groups excluding tert-OH is 1. The maximum absolute atomic E-state index is 11.3. The van der Waals surface area contributed by atoms with E-state index >= 15 is 0 Å². The molecule has 116 valence electrons. The summed E-state index contributed by atoms with van der Waals surface area (Å²) in [4.78, 5) is 11.3. The van der Waals surface area contributed by atoms with Gasteiger partial charge >= 0.3 is 5.97 Å². The zero-order valence-corrected chi connectivity index (χ0v) is 13.6. The number of carbonyl (C=O) groups is 1. The maximum atomic E-state index is 11.3. The molecular weight excluding hydrogens is 340 g/mol. The van der Waals surface area contributed by atoms with Gasteiger partial charge in [-0.05, 0) is 40.9 Å². The zero-order chi connectivity index (χ0) is 15.6. The number of halogens is 1. The first-order valence-corrected chi connectivity index (χ1v) is 7.61. The summed E-state index contributed by atoms with van der Waals surface area (Å²) in [5.41, 5.74) is 0.565. The van der Waals surface area contributed by atoms with E-state index in [0.29, 0.717) is 29.9 Å². The highest BCUT2D eigenvalue weighted by Crippen LogP contribution is 2.45. The average molecular weight is 359 g/mol. The molecule has 0 aliphatic heterocycles. The Labute approximate surface area is 132 Å². The minimum absolute atomic E-state index is 0.303. The Hall–Kier alpha value is -1.27. The molecule has 1 aromatic rings. The van der Waals surface area contributed by atoms with Gasteiger partial charge in [0, 0.05) is 11.5 Å². The van der Waals surface area contributed by atoms with Crippen LogP contribution in [0.1, 0.15) is 30.9 Å². The molecule has 2 rings (SSSR count). The van der Waals surface area contributed by atoms with Crippen LogP contribution in [0.4, 0.5) is 0 Å². The molecule has 3 atom stereocenters. The summed E-state index contributed by atoms with van der Waals surface area (Å²) in [5, 5.41) is 19.9. The van der Waals surface area contributed by atoms with E-state index in [1.807, 2.05) is 0 Å². The third-order valence-corrected chi connectivity index (χ3v) is 4.73. The highest BCUT2D eigenvalue weighted by molar-refractivity contribution is 9.10. The maximum Gasteiger partial charge on any atom is 0.306 e. The van der Waals surface area contributed by atoms with Gasteiger partial charge < -0.3 is 19.7 Å². The molecule has 0 bridgehead atoms. The van der Waals surface area contributed by atoms with Crippen molar-refractivity contribution in [1.82, 2.24) is 0 Å². The first kappa shape index (κ1) is 16.1. The summed E-state index contributed by atoms with van der Waals surface area (Å²) in [6, 6.07) is 3.42. The molecule has 1 fully saturated rings. The Morgan fingerprint density at radius 1 is 1.29 bits per heavy atom. The Kier molecular flexibility index (Phi) is 5.11. The van der Waals surface area contributed by atoms with Gasteiger partial charge in [0.15, 0.2) is 0 Å². The van der Waals surface area contributed by atoms with Crippen molar-refractivity contribution in [2.75, 3.05) is 14.2 Å². The van der Waals surface area contributed by atoms with Crippen molar-refractivity contribution in [2.45, 2.75) is 25.4 Å². The predicted molar refractivity (Wildman–Crippen MR) is 80.7 cm³/mol. The largest absolute Gasteiger partial charge is 0.496 e. The number of carboxylic acid groups (broad SMARTS) is 1. The Morgan fingerprint density at radius 2 is 1.95 bits per heavy atom. The molecular formula is C15H19BrO5. The van der Waals surface area contributed by atoms with Gasteiger partial charge in [-0.3, -0.25) is 4.79 Å². The Balaban J connectivity index is 2.37. The second-order valence-corrected chi connectivity index (χ2v) is 6.07. The van der Waals surface area contributed by atoms with Crippen LogP contribution in [0.3, 0.4) is 0 Å². The number of hydrogen-bond acceptors (Lipinski definition) is 4. The van der Waals surface area contributed by atoms with E-state index in [4.69, 9.17) is 9.47 Å². The average Bonchev–Trinajstić information content (AvgIpc) is 2.95. The van der Waals surface area contributed by atoms with E-state index in [1.165, 1.54) is 7.11 Å². The minimum Gasteiger partial charge on any atom is -0.496 e. The van der Waals surface area contributed by atoms with Gasteiger partial charge in [0.25, 0.3) is 0 Å². The predicted octanol–water partition coefficient (Wildman–Crippen LogP) is 3.00. The summed E-state index contributed by atoms with van der Waals surface area (Å²) in [7, 11) is 3.06. The van der Waals surface area contributed by atoms with Crippen molar-refractivity contribution in [3.05, 3.63) is 22.2 Å². The van der Waals surface area contributed by atoms with Gasteiger partial charge in [0.1, 0.15) is 11.5 Å². The van der Waals surface area contributed by atoms with Gasteiger partial charge in [0.05, 0.1) is 30.7 Å². The lowest BCUT2D eigenvalue weighted by Gasteiger charge is -2.24. The fraction of sp³-hybridized carbons (Fsp3) is 0.533. The Morgan fingerprint density at radius 3 is 2.52 bits per heavy atom. The molecule has 1 saturated carbocycles. The molecule has 5 nitrogen and oxygen atoms in total. The van der Waals surface area contributed by atoms with Crippen molar-refractivity contribution in [3.63, 3.8) is 0 Å². The first-order chi connectivity index (χ1) is 9.99. The van der Waals surface area contributed by atoms with Crippen LogP contribution >= 0.6 is 15.9 Å². The number of ether oxygens (including phenoxy) is 2. The monoisotopic (exact) mass is 358 g/mol. The van der Waals surface area contributed by atoms with Gasteiger partial charge in [-0.15, -0.1) is 0 Å². The molecule has 0 spiro atoms. The fourth-order valence-corrected chi connectivity index (χ4v) is 3.50. The number of methoxy groups -OCH3 is 2. The van der Waals surface area contributed by atoms with Gasteiger partial charge in [-0.2, -0.15) is 0 Å². The van der Waals surface area contributed by atoms with Crippen LogP contribution in [0.25, 0.3) is 0 Å². The third-order valence-electron chi connectivity index (χ3n) is 4.11. The smallest absolute Gasteiger partial charge is 0.306 e. The van der Waals surface area contributed by atoms with Crippen molar-refractivity contribution in [2.24, 2.45) is 11.8 Å². The number of rotatable bonds is 5. The molecule has 1 aliphatic rings. The molecule has 1 aliphatic carbocycles. The quantitative estimate of drug-likeness (QED) is 0.845. The summed E-state index contributed by atoms with van der Waals surface area (Å²) in [6.45, 7) is 0. The van der Waals surface area contributed by atoms with E-state index in [9.17, 15) is 15.0 Å². The van der Waals surface area contributed by atoms with Crippen LogP contribution < -0.4 is 9.47 Å².